The Morgan fingerprint density at radius 2 is 1.91 bits per heavy atom. The maximum atomic E-state index is 13.2. The maximum absolute atomic E-state index is 13.2. The molecule has 1 aliphatic heterocycles. The second-order valence-electron chi connectivity index (χ2n) is 7.08. The first-order chi connectivity index (χ1) is 15.9. The van der Waals surface area contributed by atoms with E-state index in [0.29, 0.717) is 0 Å². The summed E-state index contributed by atoms with van der Waals surface area (Å²) in [6, 6.07) is 8.40. The van der Waals surface area contributed by atoms with Gasteiger partial charge in [-0.1, -0.05) is 6.07 Å². The Labute approximate surface area is 198 Å². The molecule has 13 heteroatoms. The number of nitrogens with one attached hydrogen (secondary N) is 1. The molecule has 4 rings (SSSR count). The van der Waals surface area contributed by atoms with Crippen molar-refractivity contribution in [3.8, 4) is 22.9 Å². The van der Waals surface area contributed by atoms with Gasteiger partial charge in [0.25, 0.3) is 10.0 Å². The fourth-order valence-corrected chi connectivity index (χ4v) is 5.05. The third-order valence-corrected chi connectivity index (χ3v) is 6.87. The summed E-state index contributed by atoms with van der Waals surface area (Å²) < 4.78 is 73.0. The van der Waals surface area contributed by atoms with Crippen LogP contribution in [0.15, 0.2) is 52.0 Å². The van der Waals surface area contributed by atoms with Crippen molar-refractivity contribution in [3.05, 3.63) is 69.5 Å². The smallest absolute Gasteiger partial charge is 0.433 e. The van der Waals surface area contributed by atoms with E-state index in [9.17, 15) is 36.8 Å². The fraction of sp³-hybridized carbons (Fsp3) is 0.0952. The zero-order chi connectivity index (χ0) is 24.8. The molecule has 0 amide bonds. The lowest BCUT2D eigenvalue weighted by Crippen LogP contribution is -2.15. The molecule has 8 nitrogen and oxygen atoms in total. The van der Waals surface area contributed by atoms with Crippen molar-refractivity contribution in [2.75, 3.05) is 4.72 Å². The fourth-order valence-electron chi connectivity index (χ4n) is 3.25. The topological polar surface area (TPSA) is 129 Å². The Morgan fingerprint density at radius 3 is 2.59 bits per heavy atom. The summed E-state index contributed by atoms with van der Waals surface area (Å²) in [7, 11) is -4.52. The van der Waals surface area contributed by atoms with E-state index in [2.05, 4.69) is 25.6 Å². The highest BCUT2D eigenvalue weighted by Gasteiger charge is 2.33. The summed E-state index contributed by atoms with van der Waals surface area (Å²) in [4.78, 5) is 15.4. The van der Waals surface area contributed by atoms with Crippen molar-refractivity contribution in [3.63, 3.8) is 0 Å². The first kappa shape index (κ1) is 23.5. The average molecular weight is 554 g/mol. The van der Waals surface area contributed by atoms with Gasteiger partial charge in [0.05, 0.1) is 21.3 Å². The summed E-state index contributed by atoms with van der Waals surface area (Å²) in [6.45, 7) is -0.594. The molecular weight excluding hydrogens is 543 g/mol. The number of alkyl halides is 3. The van der Waals surface area contributed by atoms with Crippen LogP contribution in [0.25, 0.3) is 11.1 Å². The molecule has 0 saturated heterocycles. The second kappa shape index (κ2) is 8.30. The third-order valence-electron chi connectivity index (χ3n) is 4.89. The quantitative estimate of drug-likeness (QED) is 0.390. The lowest BCUT2D eigenvalue weighted by molar-refractivity contribution is -0.141. The average Bonchev–Trinajstić information content (AvgIpc) is 2.77. The van der Waals surface area contributed by atoms with Gasteiger partial charge in [-0.15, -0.1) is 0 Å². The minimum Gasteiger partial charge on any atom is -0.505 e. The van der Waals surface area contributed by atoms with Gasteiger partial charge in [0.15, 0.2) is 0 Å². The molecule has 0 fully saturated rings. The van der Waals surface area contributed by atoms with Crippen LogP contribution in [0, 0.1) is 11.3 Å². The number of carbonyl (C=O) groups excluding carboxylic acids is 1. The molecular formula is C21H11BrF3N3O5S. The van der Waals surface area contributed by atoms with Crippen LogP contribution in [0.5, 0.6) is 5.75 Å². The number of esters is 1. The van der Waals surface area contributed by atoms with Crippen LogP contribution in [-0.2, 0) is 27.5 Å². The normalized spacial score (nSPS) is 14.9. The summed E-state index contributed by atoms with van der Waals surface area (Å²) in [5, 5.41) is 19.7. The Kier molecular flexibility index (Phi) is 5.74. The molecule has 2 aromatic carbocycles. The SMILES string of the molecule is N#Cc1ccc2cc1NS(=O)(=O)c1cc(cc(Br)c1O)C(=O)OCc1cc(C(F)(F)F)ncc1-2. The van der Waals surface area contributed by atoms with E-state index in [0.717, 1.165) is 24.4 Å². The molecule has 0 spiro atoms. The number of nitrogens with zero attached hydrogens (tertiary/aromatic N) is 2. The maximum Gasteiger partial charge on any atom is 0.433 e. The Bertz CT molecular complexity index is 1500. The minimum atomic E-state index is -4.76. The number of aromatic hydroxyl groups is 1. The summed E-state index contributed by atoms with van der Waals surface area (Å²) in [5.74, 6) is -1.74. The van der Waals surface area contributed by atoms with Gasteiger partial charge in [-0.25, -0.2) is 13.2 Å². The largest absolute Gasteiger partial charge is 0.505 e. The number of hydrogen-bond acceptors (Lipinski definition) is 7. The predicted octanol–water partition coefficient (Wildman–Crippen LogP) is 4.58. The number of aromatic nitrogens is 1. The lowest BCUT2D eigenvalue weighted by atomic mass is 9.99. The number of sulfonamides is 1. The number of phenolic OH excluding ortho intramolecular Hbond substituents is 1. The zero-order valence-electron chi connectivity index (χ0n) is 16.6. The number of phenols is 1. The molecule has 3 aromatic rings. The van der Waals surface area contributed by atoms with Gasteiger partial charge in [-0.3, -0.25) is 9.71 Å². The molecule has 1 aromatic heterocycles. The molecule has 2 heterocycles. The highest BCUT2D eigenvalue weighted by atomic mass is 79.9. The van der Waals surface area contributed by atoms with Gasteiger partial charge < -0.3 is 9.84 Å². The van der Waals surface area contributed by atoms with Crippen LogP contribution in [0.2, 0.25) is 0 Å². The number of carbonyl (C=O) groups is 1. The van der Waals surface area contributed by atoms with Crippen molar-refractivity contribution in [2.45, 2.75) is 17.7 Å². The zero-order valence-corrected chi connectivity index (χ0v) is 19.0. The number of rotatable bonds is 0. The monoisotopic (exact) mass is 553 g/mol. The van der Waals surface area contributed by atoms with Gasteiger partial charge in [0.1, 0.15) is 29.0 Å². The van der Waals surface area contributed by atoms with E-state index in [4.69, 9.17) is 4.74 Å². The Balaban J connectivity index is 2.00. The van der Waals surface area contributed by atoms with E-state index in [1.54, 1.807) is 0 Å². The Hall–Kier alpha value is -3.63. The van der Waals surface area contributed by atoms with E-state index < -0.39 is 45.1 Å². The number of anilines is 1. The third kappa shape index (κ3) is 4.29. The van der Waals surface area contributed by atoms with Crippen molar-refractivity contribution in [2.24, 2.45) is 0 Å². The molecule has 0 aliphatic carbocycles. The number of fused-ring (bicyclic) bond motifs is 6. The molecule has 0 saturated carbocycles. The molecule has 174 valence electrons. The highest BCUT2D eigenvalue weighted by molar-refractivity contribution is 9.10. The number of cyclic esters (lactones) is 1. The molecule has 0 unspecified atom stereocenters. The van der Waals surface area contributed by atoms with E-state index in [-0.39, 0.29) is 38.0 Å². The van der Waals surface area contributed by atoms with Crippen LogP contribution >= 0.6 is 15.9 Å². The lowest BCUT2D eigenvalue weighted by Gasteiger charge is -2.15. The van der Waals surface area contributed by atoms with Gasteiger partial charge in [-0.05, 0) is 51.8 Å². The summed E-state index contributed by atoms with van der Waals surface area (Å²) in [5.41, 5.74) is -1.50. The van der Waals surface area contributed by atoms with E-state index in [1.807, 2.05) is 6.07 Å². The van der Waals surface area contributed by atoms with E-state index in [1.165, 1.54) is 18.2 Å². The second-order valence-corrected chi connectivity index (χ2v) is 9.59. The molecule has 1 aliphatic rings. The van der Waals surface area contributed by atoms with Crippen molar-refractivity contribution >= 4 is 37.6 Å². The van der Waals surface area contributed by atoms with Crippen LogP contribution in [-0.4, -0.2) is 24.5 Å². The number of pyridine rings is 1. The van der Waals surface area contributed by atoms with Crippen LogP contribution in [0.3, 0.4) is 0 Å². The van der Waals surface area contributed by atoms with Crippen molar-refractivity contribution < 1.29 is 36.2 Å². The van der Waals surface area contributed by atoms with Gasteiger partial charge in [0, 0.05) is 17.3 Å². The first-order valence-corrected chi connectivity index (χ1v) is 11.5. The van der Waals surface area contributed by atoms with Crippen LogP contribution in [0.1, 0.15) is 27.2 Å². The van der Waals surface area contributed by atoms with Gasteiger partial charge >= 0.3 is 12.1 Å². The summed E-state index contributed by atoms with van der Waals surface area (Å²) >= 11 is 2.97. The predicted molar refractivity (Wildman–Crippen MR) is 115 cm³/mol. The summed E-state index contributed by atoms with van der Waals surface area (Å²) in [6.07, 6.45) is -3.84. The molecule has 0 radical (unpaired) electrons. The molecule has 4 bridgehead atoms. The van der Waals surface area contributed by atoms with Crippen LogP contribution in [0.4, 0.5) is 18.9 Å². The molecule has 2 N–H and O–H groups in total. The van der Waals surface area contributed by atoms with E-state index >= 15 is 0 Å². The number of halogens is 4. The van der Waals surface area contributed by atoms with Crippen molar-refractivity contribution in [1.82, 2.24) is 4.98 Å². The first-order valence-electron chi connectivity index (χ1n) is 9.24. The Morgan fingerprint density at radius 1 is 1.18 bits per heavy atom. The van der Waals surface area contributed by atoms with Gasteiger partial charge in [-0.2, -0.15) is 18.4 Å². The molecule has 0 atom stereocenters. The van der Waals surface area contributed by atoms with Gasteiger partial charge in [0.2, 0.25) is 0 Å². The number of nitriles is 1. The highest BCUT2D eigenvalue weighted by Crippen LogP contribution is 2.37. The van der Waals surface area contributed by atoms with Crippen molar-refractivity contribution in [1.29, 1.82) is 5.26 Å². The number of hydrogen-bond donors (Lipinski definition) is 2. The number of ether oxygens (including phenoxy) is 1. The minimum absolute atomic E-state index is 0.0495. The molecule has 34 heavy (non-hydrogen) atoms. The number of benzene rings is 2. The standard InChI is InChI=1S/C21H11BrF3N3O5S/c22-15-3-12-5-17(19(15)29)34(31,32)28-16-4-10(1-2-11(16)7-26)14-8-27-18(21(23,24)25)6-13(14)9-33-20(12)30/h1-6,8,28-29H,9H2. The van der Waals surface area contributed by atoms with Crippen LogP contribution < -0.4 is 4.72 Å².